The van der Waals surface area contributed by atoms with Crippen LogP contribution in [0.25, 0.3) is 11.5 Å². The van der Waals surface area contributed by atoms with Gasteiger partial charge in [0.1, 0.15) is 10.6 Å². The van der Waals surface area contributed by atoms with E-state index in [1.54, 1.807) is 0 Å². The third kappa shape index (κ3) is 3.81. The van der Waals surface area contributed by atoms with E-state index in [4.69, 9.17) is 19.9 Å². The highest BCUT2D eigenvalue weighted by Gasteiger charge is 2.36. The summed E-state index contributed by atoms with van der Waals surface area (Å²) in [7, 11) is -4.69. The lowest BCUT2D eigenvalue weighted by Gasteiger charge is -2.11. The van der Waals surface area contributed by atoms with Crippen molar-refractivity contribution < 1.29 is 36.7 Å². The van der Waals surface area contributed by atoms with Crippen LogP contribution in [0.1, 0.15) is 20.8 Å². The Kier molecular flexibility index (Phi) is 4.73. The van der Waals surface area contributed by atoms with Crippen molar-refractivity contribution in [2.75, 3.05) is 5.73 Å². The molecule has 4 N–H and O–H groups in total. The van der Waals surface area contributed by atoms with E-state index in [0.29, 0.717) is 11.3 Å². The fourth-order valence-corrected chi connectivity index (χ4v) is 3.60. The van der Waals surface area contributed by atoms with Crippen molar-refractivity contribution in [3.05, 3.63) is 52.4 Å². The van der Waals surface area contributed by atoms with Gasteiger partial charge in [-0.05, 0) is 18.2 Å². The average Bonchev–Trinajstić information content (AvgIpc) is 3.19. The predicted octanol–water partition coefficient (Wildman–Crippen LogP) is 3.04. The van der Waals surface area contributed by atoms with Gasteiger partial charge < -0.3 is 19.9 Å². The van der Waals surface area contributed by atoms with Gasteiger partial charge in [-0.3, -0.25) is 9.36 Å². The van der Waals surface area contributed by atoms with Gasteiger partial charge in [-0.25, -0.2) is 4.98 Å². The molecule has 0 bridgehead atoms. The molecule has 2 aromatic heterocycles. The van der Waals surface area contributed by atoms with E-state index < -0.39 is 36.2 Å². The van der Waals surface area contributed by atoms with Gasteiger partial charge in [0, 0.05) is 5.56 Å². The SMILES string of the molecule is Nc1nc(-c2ccc(P(=O)(O)O)o2)c(C(=O)c2ccccc2C(F)(F)F)s1. The minimum Gasteiger partial charge on any atom is -0.446 e. The Bertz CT molecular complexity index is 1070. The van der Waals surface area contributed by atoms with E-state index in [1.165, 1.54) is 6.07 Å². The van der Waals surface area contributed by atoms with Crippen LogP contribution in [0.5, 0.6) is 0 Å². The maximum Gasteiger partial charge on any atom is 0.417 e. The second-order valence-electron chi connectivity index (χ2n) is 5.28. The molecule has 0 atom stereocenters. The third-order valence-corrected chi connectivity index (χ3v) is 5.14. The van der Waals surface area contributed by atoms with Gasteiger partial charge >= 0.3 is 13.8 Å². The van der Waals surface area contributed by atoms with Crippen molar-refractivity contribution >= 4 is 35.3 Å². The molecule has 0 spiro atoms. The highest BCUT2D eigenvalue weighted by molar-refractivity contribution is 7.59. The molecule has 12 heteroatoms. The Morgan fingerprint density at radius 1 is 1.19 bits per heavy atom. The van der Waals surface area contributed by atoms with E-state index in [1.807, 2.05) is 0 Å². The summed E-state index contributed by atoms with van der Waals surface area (Å²) >= 11 is 0.644. The Balaban J connectivity index is 2.12. The Morgan fingerprint density at radius 3 is 2.44 bits per heavy atom. The summed E-state index contributed by atoms with van der Waals surface area (Å²) in [5.74, 6) is -1.18. The van der Waals surface area contributed by atoms with Gasteiger partial charge in [0.15, 0.2) is 10.9 Å². The molecule has 1 aromatic carbocycles. The van der Waals surface area contributed by atoms with Gasteiger partial charge in [-0.1, -0.05) is 29.5 Å². The van der Waals surface area contributed by atoms with Crippen molar-refractivity contribution in [2.45, 2.75) is 6.18 Å². The smallest absolute Gasteiger partial charge is 0.417 e. The maximum absolute atomic E-state index is 13.2. The van der Waals surface area contributed by atoms with E-state index in [2.05, 4.69) is 4.98 Å². The number of nitrogens with two attached hydrogens (primary N) is 1. The number of ketones is 1. The first-order valence-corrected chi connectivity index (χ1v) is 9.55. The summed E-state index contributed by atoms with van der Waals surface area (Å²) in [6.07, 6.45) is -4.75. The molecule has 2 heterocycles. The van der Waals surface area contributed by atoms with Crippen LogP contribution in [-0.2, 0) is 10.7 Å². The Labute approximate surface area is 153 Å². The molecule has 0 aliphatic carbocycles. The lowest BCUT2D eigenvalue weighted by Crippen LogP contribution is -2.13. The molecule has 142 valence electrons. The number of rotatable bonds is 4. The molecule has 0 saturated carbocycles. The van der Waals surface area contributed by atoms with Crippen LogP contribution in [0.3, 0.4) is 0 Å². The number of hydrogen-bond acceptors (Lipinski definition) is 6. The van der Waals surface area contributed by atoms with Gasteiger partial charge in [0.05, 0.1) is 5.56 Å². The molecule has 3 rings (SSSR count). The molecular weight excluding hydrogens is 408 g/mol. The Morgan fingerprint density at radius 2 is 1.85 bits per heavy atom. The van der Waals surface area contributed by atoms with Gasteiger partial charge in [-0.15, -0.1) is 0 Å². The van der Waals surface area contributed by atoms with Crippen molar-refractivity contribution in [1.82, 2.24) is 4.98 Å². The number of furan rings is 1. The number of hydrogen-bond donors (Lipinski definition) is 3. The van der Waals surface area contributed by atoms with Crippen LogP contribution in [0.15, 0.2) is 40.8 Å². The van der Waals surface area contributed by atoms with Gasteiger partial charge in [-0.2, -0.15) is 13.2 Å². The van der Waals surface area contributed by atoms with E-state index in [0.717, 1.165) is 30.3 Å². The molecular formula is C15H10F3N2O5PS. The Hall–Kier alpha value is -2.46. The van der Waals surface area contributed by atoms with Crippen molar-refractivity contribution in [3.8, 4) is 11.5 Å². The summed E-state index contributed by atoms with van der Waals surface area (Å²) < 4.78 is 55.8. The fraction of sp³-hybridized carbons (Fsp3) is 0.0667. The summed E-state index contributed by atoms with van der Waals surface area (Å²) in [5, 5.41) is -0.119. The molecule has 27 heavy (non-hydrogen) atoms. The normalized spacial score (nSPS) is 12.3. The number of thiazole rings is 1. The van der Waals surface area contributed by atoms with Crippen molar-refractivity contribution in [1.29, 1.82) is 0 Å². The number of alkyl halides is 3. The van der Waals surface area contributed by atoms with Crippen LogP contribution >= 0.6 is 18.9 Å². The number of carbonyl (C=O) groups excluding carboxylic acids is 1. The van der Waals surface area contributed by atoms with Crippen LogP contribution in [-0.4, -0.2) is 20.6 Å². The molecule has 0 unspecified atom stereocenters. The second kappa shape index (κ2) is 6.61. The number of nitrogen functional groups attached to an aromatic ring is 1. The average molecular weight is 418 g/mol. The number of nitrogens with zero attached hydrogens (tertiary/aromatic N) is 1. The highest BCUT2D eigenvalue weighted by atomic mass is 32.1. The molecule has 0 aliphatic rings. The molecule has 0 fully saturated rings. The minimum absolute atomic E-state index is 0.119. The molecule has 0 saturated heterocycles. The van der Waals surface area contributed by atoms with Crippen LogP contribution in [0.2, 0.25) is 0 Å². The largest absolute Gasteiger partial charge is 0.446 e. The van der Waals surface area contributed by atoms with Crippen LogP contribution in [0, 0.1) is 0 Å². The highest BCUT2D eigenvalue weighted by Crippen LogP contribution is 2.39. The standard InChI is InChI=1S/C15H10F3N2O5PS/c16-15(17,18)8-4-2-1-3-7(8)12(21)13-11(20-14(19)27-13)9-5-6-10(25-9)26(22,23)24/h1-6H,(H2,19,20)(H2,22,23,24). The topological polar surface area (TPSA) is 127 Å². The van der Waals surface area contributed by atoms with Gasteiger partial charge in [0.25, 0.3) is 0 Å². The van der Waals surface area contributed by atoms with E-state index in [-0.39, 0.29) is 21.5 Å². The second-order valence-corrected chi connectivity index (χ2v) is 7.84. The molecule has 0 aliphatic heterocycles. The molecule has 3 aromatic rings. The predicted molar refractivity (Wildman–Crippen MR) is 90.8 cm³/mol. The van der Waals surface area contributed by atoms with Crippen LogP contribution < -0.4 is 11.2 Å². The number of anilines is 1. The molecule has 7 nitrogen and oxygen atoms in total. The summed E-state index contributed by atoms with van der Waals surface area (Å²) in [5.41, 5.74) is 3.00. The monoisotopic (exact) mass is 418 g/mol. The summed E-state index contributed by atoms with van der Waals surface area (Å²) in [6.45, 7) is 0. The van der Waals surface area contributed by atoms with E-state index >= 15 is 0 Å². The van der Waals surface area contributed by atoms with Crippen LogP contribution in [0.4, 0.5) is 18.3 Å². The number of aromatic nitrogens is 1. The lowest BCUT2D eigenvalue weighted by molar-refractivity contribution is -0.137. The zero-order valence-corrected chi connectivity index (χ0v) is 14.8. The quantitative estimate of drug-likeness (QED) is 0.439. The zero-order valence-electron chi connectivity index (χ0n) is 13.1. The summed E-state index contributed by atoms with van der Waals surface area (Å²) in [4.78, 5) is 34.6. The lowest BCUT2D eigenvalue weighted by atomic mass is 10.0. The number of carbonyl (C=O) groups is 1. The zero-order chi connectivity index (χ0) is 20.0. The number of halogens is 3. The first-order chi connectivity index (χ1) is 12.5. The third-order valence-electron chi connectivity index (χ3n) is 3.44. The van der Waals surface area contributed by atoms with Crippen molar-refractivity contribution in [2.24, 2.45) is 0 Å². The first kappa shape index (κ1) is 19.3. The van der Waals surface area contributed by atoms with E-state index in [9.17, 15) is 22.5 Å². The fourth-order valence-electron chi connectivity index (χ4n) is 2.32. The molecule has 0 radical (unpaired) electrons. The maximum atomic E-state index is 13.2. The molecule has 0 amide bonds. The van der Waals surface area contributed by atoms with Crippen molar-refractivity contribution in [3.63, 3.8) is 0 Å². The van der Waals surface area contributed by atoms with Gasteiger partial charge in [0.2, 0.25) is 11.3 Å². The summed E-state index contributed by atoms with van der Waals surface area (Å²) in [6, 6.07) is 6.37. The number of benzene rings is 1. The first-order valence-electron chi connectivity index (χ1n) is 7.12. The minimum atomic E-state index is -4.75.